The monoisotopic (exact) mass is 227 g/mol. The van der Waals surface area contributed by atoms with Crippen LogP contribution in [0.1, 0.15) is 24.7 Å². The number of hydrogen-bond donors (Lipinski definition) is 1. The van der Waals surface area contributed by atoms with E-state index in [1.54, 1.807) is 0 Å². The minimum absolute atomic E-state index is 0.962. The van der Waals surface area contributed by atoms with Crippen LogP contribution < -0.4 is 5.32 Å². The van der Waals surface area contributed by atoms with Crippen LogP contribution in [0.15, 0.2) is 30.6 Å². The van der Waals surface area contributed by atoms with E-state index >= 15 is 0 Å². The zero-order chi connectivity index (χ0) is 11.7. The molecule has 0 aliphatic carbocycles. The van der Waals surface area contributed by atoms with Crippen molar-refractivity contribution in [3.63, 3.8) is 0 Å². The molecule has 1 aromatic heterocycles. The fourth-order valence-corrected chi connectivity index (χ4v) is 2.53. The molecule has 0 amide bonds. The predicted molar refractivity (Wildman–Crippen MR) is 69.8 cm³/mol. The molecule has 3 nitrogen and oxygen atoms in total. The van der Waals surface area contributed by atoms with E-state index in [2.05, 4.69) is 46.2 Å². The van der Waals surface area contributed by atoms with Crippen molar-refractivity contribution in [3.8, 4) is 5.69 Å². The molecule has 0 saturated carbocycles. The number of hydrogen-bond acceptors (Lipinski definition) is 2. The quantitative estimate of drug-likeness (QED) is 0.855. The molecule has 17 heavy (non-hydrogen) atoms. The summed E-state index contributed by atoms with van der Waals surface area (Å²) >= 11 is 0. The second-order valence-electron chi connectivity index (χ2n) is 4.40. The van der Waals surface area contributed by atoms with Gasteiger partial charge in [-0.1, -0.05) is 13.0 Å². The largest absolute Gasteiger partial charge is 0.385 e. The van der Waals surface area contributed by atoms with Crippen LogP contribution in [0.2, 0.25) is 0 Å². The van der Waals surface area contributed by atoms with E-state index < -0.39 is 0 Å². The van der Waals surface area contributed by atoms with Gasteiger partial charge >= 0.3 is 0 Å². The van der Waals surface area contributed by atoms with Gasteiger partial charge in [-0.2, -0.15) is 0 Å². The Kier molecular flexibility index (Phi) is 2.59. The van der Waals surface area contributed by atoms with Crippen molar-refractivity contribution in [2.45, 2.75) is 26.2 Å². The summed E-state index contributed by atoms with van der Waals surface area (Å²) in [5.41, 5.74) is 3.99. The van der Waals surface area contributed by atoms with Gasteiger partial charge in [-0.05, 0) is 30.5 Å². The number of aromatic nitrogens is 2. The normalized spacial score (nSPS) is 14.2. The summed E-state index contributed by atoms with van der Waals surface area (Å²) in [6.07, 6.45) is 7.27. The van der Waals surface area contributed by atoms with Crippen LogP contribution in [-0.2, 0) is 12.8 Å². The number of imidazole rings is 1. The first-order valence-electron chi connectivity index (χ1n) is 6.28. The van der Waals surface area contributed by atoms with Gasteiger partial charge in [0.15, 0.2) is 0 Å². The van der Waals surface area contributed by atoms with Crippen LogP contribution >= 0.6 is 0 Å². The third-order valence-electron chi connectivity index (χ3n) is 3.36. The second kappa shape index (κ2) is 4.24. The fraction of sp³-hybridized carbons (Fsp3) is 0.357. The third-order valence-corrected chi connectivity index (χ3v) is 3.36. The molecule has 0 spiro atoms. The molecule has 0 bridgehead atoms. The molecule has 0 atom stereocenters. The molecule has 0 radical (unpaired) electrons. The van der Waals surface area contributed by atoms with E-state index in [1.807, 2.05) is 6.20 Å². The summed E-state index contributed by atoms with van der Waals surface area (Å²) in [7, 11) is 0. The third kappa shape index (κ3) is 1.71. The van der Waals surface area contributed by atoms with Gasteiger partial charge in [0.1, 0.15) is 5.82 Å². The van der Waals surface area contributed by atoms with Crippen LogP contribution in [0.3, 0.4) is 0 Å². The van der Waals surface area contributed by atoms with Crippen LogP contribution in [0, 0.1) is 0 Å². The Morgan fingerprint density at radius 3 is 3.24 bits per heavy atom. The molecule has 1 aromatic carbocycles. The van der Waals surface area contributed by atoms with E-state index in [-0.39, 0.29) is 0 Å². The molecular weight excluding hydrogens is 210 g/mol. The lowest BCUT2D eigenvalue weighted by atomic mass is 10.0. The molecule has 0 fully saturated rings. The zero-order valence-electron chi connectivity index (χ0n) is 10.1. The summed E-state index contributed by atoms with van der Waals surface area (Å²) < 4.78 is 2.21. The maximum atomic E-state index is 4.40. The van der Waals surface area contributed by atoms with Gasteiger partial charge in [0.05, 0.1) is 5.69 Å². The average Bonchev–Trinajstić information content (AvgIpc) is 2.86. The van der Waals surface area contributed by atoms with E-state index in [0.29, 0.717) is 0 Å². The highest BCUT2D eigenvalue weighted by atomic mass is 15.1. The predicted octanol–water partition coefficient (Wildman–Crippen LogP) is 2.79. The van der Waals surface area contributed by atoms with Crippen molar-refractivity contribution in [2.75, 3.05) is 11.9 Å². The summed E-state index contributed by atoms with van der Waals surface area (Å²) in [5.74, 6) is 1.13. The molecule has 0 unspecified atom stereocenters. The lowest BCUT2D eigenvalue weighted by molar-refractivity contribution is 0.807. The Morgan fingerprint density at radius 2 is 2.35 bits per heavy atom. The van der Waals surface area contributed by atoms with Gasteiger partial charge in [0, 0.05) is 31.0 Å². The van der Waals surface area contributed by atoms with Crippen LogP contribution in [-0.4, -0.2) is 16.1 Å². The number of nitrogens with zero attached hydrogens (tertiary/aromatic N) is 2. The van der Waals surface area contributed by atoms with Gasteiger partial charge in [-0.25, -0.2) is 4.98 Å². The van der Waals surface area contributed by atoms with Gasteiger partial charge in [-0.15, -0.1) is 0 Å². The highest BCUT2D eigenvalue weighted by Gasteiger charge is 2.14. The highest BCUT2D eigenvalue weighted by molar-refractivity contribution is 5.62. The van der Waals surface area contributed by atoms with Crippen molar-refractivity contribution in [1.29, 1.82) is 0 Å². The molecule has 1 N–H and O–H groups in total. The highest BCUT2D eigenvalue weighted by Crippen LogP contribution is 2.28. The molecule has 3 heteroatoms. The minimum atomic E-state index is 0.962. The lowest BCUT2D eigenvalue weighted by Gasteiger charge is -2.21. The van der Waals surface area contributed by atoms with Crippen LogP contribution in [0.5, 0.6) is 0 Å². The number of rotatable bonds is 2. The topological polar surface area (TPSA) is 29.9 Å². The summed E-state index contributed by atoms with van der Waals surface area (Å²) in [6, 6.07) is 6.47. The van der Waals surface area contributed by atoms with E-state index in [9.17, 15) is 0 Å². The van der Waals surface area contributed by atoms with Gasteiger partial charge in [-0.3, -0.25) is 0 Å². The standard InChI is InChI=1S/C14H17N3/c1-2-14-16-9-10-17(14)13-7-3-6-12-11(13)5-4-8-15-12/h3,6-7,9-10,15H,2,4-5,8H2,1H3. The van der Waals surface area contributed by atoms with E-state index in [1.165, 1.54) is 23.4 Å². The van der Waals surface area contributed by atoms with E-state index in [4.69, 9.17) is 0 Å². The SMILES string of the molecule is CCc1nccn1-c1cccc2c1CCCN2. The van der Waals surface area contributed by atoms with Crippen LogP contribution in [0.4, 0.5) is 5.69 Å². The molecule has 1 aliphatic heterocycles. The second-order valence-corrected chi connectivity index (χ2v) is 4.40. The smallest absolute Gasteiger partial charge is 0.112 e. The Balaban J connectivity index is 2.14. The van der Waals surface area contributed by atoms with Crippen LogP contribution in [0.25, 0.3) is 5.69 Å². The number of anilines is 1. The lowest BCUT2D eigenvalue weighted by Crippen LogP contribution is -2.14. The van der Waals surface area contributed by atoms with Crippen molar-refractivity contribution in [2.24, 2.45) is 0 Å². The first kappa shape index (κ1) is 10.4. The first-order valence-corrected chi connectivity index (χ1v) is 6.28. The summed E-state index contributed by atoms with van der Waals surface area (Å²) in [6.45, 7) is 3.23. The molecular formula is C14H17N3. The number of benzene rings is 1. The van der Waals surface area contributed by atoms with Crippen molar-refractivity contribution in [1.82, 2.24) is 9.55 Å². The van der Waals surface area contributed by atoms with Gasteiger partial charge in [0.25, 0.3) is 0 Å². The molecule has 2 heterocycles. The van der Waals surface area contributed by atoms with E-state index in [0.717, 1.165) is 25.2 Å². The molecule has 0 saturated heterocycles. The van der Waals surface area contributed by atoms with Crippen molar-refractivity contribution >= 4 is 5.69 Å². The maximum Gasteiger partial charge on any atom is 0.112 e. The van der Waals surface area contributed by atoms with Gasteiger partial charge in [0.2, 0.25) is 0 Å². The van der Waals surface area contributed by atoms with Crippen molar-refractivity contribution < 1.29 is 0 Å². The molecule has 1 aliphatic rings. The summed E-state index contributed by atoms with van der Waals surface area (Å²) in [5, 5.41) is 3.47. The Morgan fingerprint density at radius 1 is 1.41 bits per heavy atom. The fourth-order valence-electron chi connectivity index (χ4n) is 2.53. The van der Waals surface area contributed by atoms with Crippen molar-refractivity contribution in [3.05, 3.63) is 42.0 Å². The molecule has 2 aromatic rings. The molecule has 3 rings (SSSR count). The maximum absolute atomic E-state index is 4.40. The molecule has 88 valence electrons. The number of fused-ring (bicyclic) bond motifs is 1. The Bertz CT molecular complexity index is 528. The van der Waals surface area contributed by atoms with Gasteiger partial charge < -0.3 is 9.88 Å². The first-order chi connectivity index (χ1) is 8.40. The number of aryl methyl sites for hydroxylation is 1. The number of nitrogens with one attached hydrogen (secondary N) is 1. The summed E-state index contributed by atoms with van der Waals surface area (Å²) in [4.78, 5) is 4.40. The zero-order valence-corrected chi connectivity index (χ0v) is 10.1. The Hall–Kier alpha value is -1.77. The average molecular weight is 227 g/mol. The minimum Gasteiger partial charge on any atom is -0.385 e. The Labute approximate surface area is 101 Å².